The fraction of sp³-hybridized carbons (Fsp3) is 0.304. The number of benzene rings is 2. The van der Waals surface area contributed by atoms with Crippen molar-refractivity contribution in [3.63, 3.8) is 0 Å². The van der Waals surface area contributed by atoms with Crippen molar-refractivity contribution in [2.75, 3.05) is 4.90 Å². The molecular formula is C23H23NO3. The standard InChI is InChI=1S/C23H23NO3/c1-14-7-8-15(2)20(13-14)27-18-11-9-17(10-12-18)24-22(25)19-6-4-5-16(3)21(19)23(24)26/h4-5,7-13,16,19,21H,6H2,1-3H3. The highest BCUT2D eigenvalue weighted by Crippen LogP contribution is 2.40. The number of ether oxygens (including phenoxy) is 1. The summed E-state index contributed by atoms with van der Waals surface area (Å²) < 4.78 is 5.97. The van der Waals surface area contributed by atoms with Crippen molar-refractivity contribution in [2.45, 2.75) is 27.2 Å². The van der Waals surface area contributed by atoms with Gasteiger partial charge in [0, 0.05) is 0 Å². The van der Waals surface area contributed by atoms with Gasteiger partial charge < -0.3 is 4.74 Å². The van der Waals surface area contributed by atoms with Crippen molar-refractivity contribution in [3.05, 3.63) is 65.7 Å². The zero-order chi connectivity index (χ0) is 19.1. The summed E-state index contributed by atoms with van der Waals surface area (Å²) in [6, 6.07) is 13.2. The molecule has 27 heavy (non-hydrogen) atoms. The third-order valence-corrected chi connectivity index (χ3v) is 5.54. The number of allylic oxidation sites excluding steroid dienone is 2. The lowest BCUT2D eigenvalue weighted by molar-refractivity contribution is -0.122. The van der Waals surface area contributed by atoms with Crippen LogP contribution in [0.15, 0.2) is 54.6 Å². The van der Waals surface area contributed by atoms with Crippen LogP contribution in [-0.2, 0) is 9.59 Å². The normalized spacial score (nSPS) is 24.3. The van der Waals surface area contributed by atoms with Gasteiger partial charge in [0.05, 0.1) is 17.5 Å². The fourth-order valence-corrected chi connectivity index (χ4v) is 4.01. The molecule has 1 aliphatic carbocycles. The number of anilines is 1. The average Bonchev–Trinajstić information content (AvgIpc) is 2.91. The highest BCUT2D eigenvalue weighted by atomic mass is 16.5. The van der Waals surface area contributed by atoms with E-state index in [-0.39, 0.29) is 29.6 Å². The molecule has 4 heteroatoms. The van der Waals surface area contributed by atoms with Gasteiger partial charge in [-0.3, -0.25) is 14.5 Å². The Morgan fingerprint density at radius 3 is 2.44 bits per heavy atom. The summed E-state index contributed by atoms with van der Waals surface area (Å²) >= 11 is 0. The lowest BCUT2D eigenvalue weighted by Crippen LogP contribution is -2.31. The fourth-order valence-electron chi connectivity index (χ4n) is 4.01. The second-order valence-corrected chi connectivity index (χ2v) is 7.53. The first-order valence-corrected chi connectivity index (χ1v) is 9.35. The molecule has 1 heterocycles. The van der Waals surface area contributed by atoms with Crippen LogP contribution >= 0.6 is 0 Å². The Morgan fingerprint density at radius 1 is 1.00 bits per heavy atom. The van der Waals surface area contributed by atoms with E-state index in [1.54, 1.807) is 24.3 Å². The first-order chi connectivity index (χ1) is 13.0. The van der Waals surface area contributed by atoms with Gasteiger partial charge >= 0.3 is 0 Å². The van der Waals surface area contributed by atoms with E-state index >= 15 is 0 Å². The van der Waals surface area contributed by atoms with Crippen molar-refractivity contribution < 1.29 is 14.3 Å². The van der Waals surface area contributed by atoms with Crippen LogP contribution in [0.5, 0.6) is 11.5 Å². The largest absolute Gasteiger partial charge is 0.457 e. The van der Waals surface area contributed by atoms with Gasteiger partial charge in [0.1, 0.15) is 11.5 Å². The number of amides is 2. The molecule has 1 aliphatic heterocycles. The Bertz CT molecular complexity index is 929. The minimum atomic E-state index is -0.242. The SMILES string of the molecule is Cc1ccc(C)c(Oc2ccc(N3C(=O)C4CC=CC(C)C4C3=O)cc2)c1. The Balaban J connectivity index is 1.57. The molecule has 0 aromatic heterocycles. The lowest BCUT2D eigenvalue weighted by Gasteiger charge is -2.22. The molecule has 4 nitrogen and oxygen atoms in total. The Hall–Kier alpha value is -2.88. The van der Waals surface area contributed by atoms with Gasteiger partial charge in [-0.15, -0.1) is 0 Å². The molecule has 2 aliphatic rings. The maximum atomic E-state index is 12.9. The molecule has 4 rings (SSSR count). The van der Waals surface area contributed by atoms with Crippen molar-refractivity contribution in [1.82, 2.24) is 0 Å². The lowest BCUT2D eigenvalue weighted by atomic mass is 9.78. The van der Waals surface area contributed by atoms with Gasteiger partial charge in [-0.25, -0.2) is 0 Å². The van der Waals surface area contributed by atoms with Crippen molar-refractivity contribution in [3.8, 4) is 11.5 Å². The number of hydrogen-bond donors (Lipinski definition) is 0. The van der Waals surface area contributed by atoms with E-state index in [9.17, 15) is 9.59 Å². The molecule has 0 spiro atoms. The van der Waals surface area contributed by atoms with E-state index in [0.717, 1.165) is 16.9 Å². The topological polar surface area (TPSA) is 46.6 Å². The summed E-state index contributed by atoms with van der Waals surface area (Å²) in [6.45, 7) is 6.03. The smallest absolute Gasteiger partial charge is 0.238 e. The molecule has 0 bridgehead atoms. The van der Waals surface area contributed by atoms with Crippen LogP contribution in [0.25, 0.3) is 0 Å². The summed E-state index contributed by atoms with van der Waals surface area (Å²) in [5.41, 5.74) is 2.80. The van der Waals surface area contributed by atoms with Crippen molar-refractivity contribution in [2.24, 2.45) is 17.8 Å². The van der Waals surface area contributed by atoms with Crippen LogP contribution in [0.1, 0.15) is 24.5 Å². The second-order valence-electron chi connectivity index (χ2n) is 7.53. The molecule has 3 atom stereocenters. The van der Waals surface area contributed by atoms with E-state index in [1.807, 2.05) is 51.1 Å². The zero-order valence-corrected chi connectivity index (χ0v) is 15.8. The minimum absolute atomic E-state index is 0.0925. The first kappa shape index (κ1) is 17.5. The monoisotopic (exact) mass is 361 g/mol. The molecule has 0 N–H and O–H groups in total. The summed E-state index contributed by atoms with van der Waals surface area (Å²) in [6.07, 6.45) is 4.70. The maximum absolute atomic E-state index is 12.9. The number of imide groups is 1. The molecule has 2 aromatic carbocycles. The van der Waals surface area contributed by atoms with Crippen LogP contribution in [0, 0.1) is 31.6 Å². The van der Waals surface area contributed by atoms with Gasteiger partial charge in [-0.05, 0) is 67.6 Å². The molecule has 0 saturated carbocycles. The van der Waals surface area contributed by atoms with E-state index < -0.39 is 0 Å². The van der Waals surface area contributed by atoms with E-state index in [0.29, 0.717) is 17.9 Å². The molecule has 138 valence electrons. The quantitative estimate of drug-likeness (QED) is 0.583. The van der Waals surface area contributed by atoms with Crippen molar-refractivity contribution >= 4 is 17.5 Å². The van der Waals surface area contributed by atoms with E-state index in [2.05, 4.69) is 0 Å². The van der Waals surface area contributed by atoms with Crippen LogP contribution < -0.4 is 9.64 Å². The molecular weight excluding hydrogens is 338 g/mol. The summed E-state index contributed by atoms with van der Waals surface area (Å²) in [7, 11) is 0. The third-order valence-electron chi connectivity index (χ3n) is 5.54. The van der Waals surface area contributed by atoms with Crippen LogP contribution in [-0.4, -0.2) is 11.8 Å². The first-order valence-electron chi connectivity index (χ1n) is 9.35. The predicted molar refractivity (Wildman–Crippen MR) is 105 cm³/mol. The molecule has 2 amide bonds. The number of carbonyl (C=O) groups excluding carboxylic acids is 2. The van der Waals surface area contributed by atoms with Gasteiger partial charge in [0.15, 0.2) is 0 Å². The van der Waals surface area contributed by atoms with Gasteiger partial charge in [-0.2, -0.15) is 0 Å². The van der Waals surface area contributed by atoms with Crippen molar-refractivity contribution in [1.29, 1.82) is 0 Å². The highest BCUT2D eigenvalue weighted by Gasteiger charge is 2.50. The number of aryl methyl sites for hydroxylation is 2. The highest BCUT2D eigenvalue weighted by molar-refractivity contribution is 6.22. The zero-order valence-electron chi connectivity index (χ0n) is 15.8. The maximum Gasteiger partial charge on any atom is 0.238 e. The second kappa shape index (κ2) is 6.69. The van der Waals surface area contributed by atoms with E-state index in [1.165, 1.54) is 4.90 Å². The number of fused-ring (bicyclic) bond motifs is 1. The molecule has 1 fully saturated rings. The van der Waals surface area contributed by atoms with Crippen LogP contribution in [0.2, 0.25) is 0 Å². The minimum Gasteiger partial charge on any atom is -0.457 e. The van der Waals surface area contributed by atoms with Crippen LogP contribution in [0.3, 0.4) is 0 Å². The average molecular weight is 361 g/mol. The summed E-state index contributed by atoms with van der Waals surface area (Å²) in [5.74, 6) is 0.921. The van der Waals surface area contributed by atoms with Gasteiger partial charge in [-0.1, -0.05) is 31.2 Å². The van der Waals surface area contributed by atoms with E-state index in [4.69, 9.17) is 4.74 Å². The number of hydrogen-bond acceptors (Lipinski definition) is 3. The van der Waals surface area contributed by atoms with Gasteiger partial charge in [0.2, 0.25) is 11.8 Å². The third kappa shape index (κ3) is 3.05. The van der Waals surface area contributed by atoms with Crippen LogP contribution in [0.4, 0.5) is 5.69 Å². The number of nitrogens with zero attached hydrogens (tertiary/aromatic N) is 1. The number of rotatable bonds is 3. The molecule has 2 aromatic rings. The van der Waals surface area contributed by atoms with Gasteiger partial charge in [0.25, 0.3) is 0 Å². The summed E-state index contributed by atoms with van der Waals surface area (Å²) in [4.78, 5) is 27.0. The Kier molecular flexibility index (Phi) is 4.34. The predicted octanol–water partition coefficient (Wildman–Crippen LogP) is 4.80. The molecule has 0 radical (unpaired) electrons. The Morgan fingerprint density at radius 2 is 1.74 bits per heavy atom. The summed E-state index contributed by atoms with van der Waals surface area (Å²) in [5, 5.41) is 0. The number of carbonyl (C=O) groups is 2. The molecule has 3 unspecified atom stereocenters. The molecule has 1 saturated heterocycles. The Labute approximate surface area is 159 Å².